The summed E-state index contributed by atoms with van der Waals surface area (Å²) in [5.74, 6) is 0. The van der Waals surface area contributed by atoms with Crippen LogP contribution in [0.4, 0.5) is 0 Å². The quantitative estimate of drug-likeness (QED) is 0.179. The molecule has 0 aliphatic carbocycles. The number of hydrogen-bond acceptors (Lipinski definition) is 0. The highest BCUT2D eigenvalue weighted by atomic mass is 14.3. The molecule has 0 aliphatic rings. The van der Waals surface area contributed by atoms with Crippen LogP contribution in [0.1, 0.15) is 26.3 Å². The van der Waals surface area contributed by atoms with Gasteiger partial charge < -0.3 is 0 Å². The van der Waals surface area contributed by atoms with E-state index in [1.54, 1.807) is 0 Å². The number of rotatable bonds is 4. The average molecular weight is 589 g/mol. The van der Waals surface area contributed by atoms with Gasteiger partial charge in [-0.2, -0.15) is 0 Å². The monoisotopic (exact) mass is 588 g/mol. The van der Waals surface area contributed by atoms with Crippen LogP contribution in [0.25, 0.3) is 76.8 Å². The van der Waals surface area contributed by atoms with Crippen molar-refractivity contribution in [2.45, 2.75) is 26.2 Å². The van der Waals surface area contributed by atoms with Gasteiger partial charge in [0.05, 0.1) is 0 Å². The number of benzene rings is 8. The second kappa shape index (κ2) is 11.2. The molecule has 0 atom stereocenters. The summed E-state index contributed by atoms with van der Waals surface area (Å²) >= 11 is 0. The van der Waals surface area contributed by atoms with Crippen LogP contribution in [0, 0.1) is 0 Å². The second-order valence-corrected chi connectivity index (χ2v) is 13.3. The fourth-order valence-corrected chi connectivity index (χ4v) is 7.10. The summed E-state index contributed by atoms with van der Waals surface area (Å²) in [4.78, 5) is 0. The maximum atomic E-state index is 2.47. The Balaban J connectivity index is 1.57. The highest BCUT2D eigenvalue weighted by Gasteiger charge is 2.23. The minimum Gasteiger partial charge on any atom is -0.0622 e. The lowest BCUT2D eigenvalue weighted by Crippen LogP contribution is -2.10. The summed E-state index contributed by atoms with van der Waals surface area (Å²) in [5, 5.41) is 7.60. The first-order chi connectivity index (χ1) is 22.5. The lowest BCUT2D eigenvalue weighted by molar-refractivity contribution is 0.591. The van der Waals surface area contributed by atoms with Crippen LogP contribution < -0.4 is 0 Å². The Bertz CT molecular complexity index is 2370. The van der Waals surface area contributed by atoms with E-state index in [1.165, 1.54) is 82.4 Å². The van der Waals surface area contributed by atoms with E-state index >= 15 is 0 Å². The first kappa shape index (κ1) is 28.0. The van der Waals surface area contributed by atoms with Crippen LogP contribution in [0.5, 0.6) is 0 Å². The third kappa shape index (κ3) is 4.78. The summed E-state index contributed by atoms with van der Waals surface area (Å²) < 4.78 is 0. The van der Waals surface area contributed by atoms with Crippen LogP contribution in [0.15, 0.2) is 164 Å². The molecule has 8 aromatic carbocycles. The predicted octanol–water partition coefficient (Wildman–Crippen LogP) is 13.1. The van der Waals surface area contributed by atoms with Crippen molar-refractivity contribution in [1.29, 1.82) is 0 Å². The van der Waals surface area contributed by atoms with Crippen molar-refractivity contribution >= 4 is 32.3 Å². The molecule has 46 heavy (non-hydrogen) atoms. The molecular weight excluding hydrogens is 553 g/mol. The van der Waals surface area contributed by atoms with Crippen LogP contribution in [0.3, 0.4) is 0 Å². The van der Waals surface area contributed by atoms with E-state index in [4.69, 9.17) is 0 Å². The third-order valence-electron chi connectivity index (χ3n) is 9.41. The average Bonchev–Trinajstić information content (AvgIpc) is 3.10. The van der Waals surface area contributed by atoms with Crippen LogP contribution >= 0.6 is 0 Å². The third-order valence-corrected chi connectivity index (χ3v) is 9.41. The smallest absolute Gasteiger partial charge is 0.00198 e. The summed E-state index contributed by atoms with van der Waals surface area (Å²) in [6.07, 6.45) is 0. The molecule has 0 spiro atoms. The molecule has 0 aliphatic heterocycles. The van der Waals surface area contributed by atoms with E-state index in [0.29, 0.717) is 0 Å². The van der Waals surface area contributed by atoms with E-state index in [9.17, 15) is 0 Å². The molecule has 0 radical (unpaired) electrons. The van der Waals surface area contributed by atoms with E-state index in [2.05, 4.69) is 185 Å². The molecule has 0 saturated carbocycles. The van der Waals surface area contributed by atoms with Gasteiger partial charge in [0.15, 0.2) is 0 Å². The molecule has 8 rings (SSSR count). The largest absolute Gasteiger partial charge is 0.0622 e. The lowest BCUT2D eigenvalue weighted by Gasteiger charge is -2.24. The van der Waals surface area contributed by atoms with Gasteiger partial charge in [-0.25, -0.2) is 0 Å². The lowest BCUT2D eigenvalue weighted by atomic mass is 9.79. The summed E-state index contributed by atoms with van der Waals surface area (Å²) in [5.41, 5.74) is 11.4. The Hall–Kier alpha value is -5.46. The summed E-state index contributed by atoms with van der Waals surface area (Å²) in [6.45, 7) is 6.93. The van der Waals surface area contributed by atoms with Gasteiger partial charge in [-0.15, -0.1) is 0 Å². The minimum absolute atomic E-state index is 0.00482. The molecule has 0 aromatic heterocycles. The maximum absolute atomic E-state index is 2.47. The maximum Gasteiger partial charge on any atom is -0.00198 e. The Morgan fingerprint density at radius 1 is 0.326 bits per heavy atom. The predicted molar refractivity (Wildman–Crippen MR) is 199 cm³/mol. The molecule has 0 unspecified atom stereocenters. The molecule has 0 nitrogen and oxygen atoms in total. The van der Waals surface area contributed by atoms with Gasteiger partial charge in [-0.1, -0.05) is 166 Å². The Morgan fingerprint density at radius 2 is 0.783 bits per heavy atom. The fraction of sp³-hybridized carbons (Fsp3) is 0.0870. The molecule has 220 valence electrons. The van der Waals surface area contributed by atoms with Crippen LogP contribution in [-0.2, 0) is 5.41 Å². The van der Waals surface area contributed by atoms with E-state index in [1.807, 2.05) is 0 Å². The van der Waals surface area contributed by atoms with Crippen molar-refractivity contribution in [2.75, 3.05) is 0 Å². The number of fused-ring (bicyclic) bond motifs is 3. The topological polar surface area (TPSA) is 0 Å². The molecular formula is C46H36. The van der Waals surface area contributed by atoms with Gasteiger partial charge in [0, 0.05) is 0 Å². The van der Waals surface area contributed by atoms with Crippen molar-refractivity contribution in [1.82, 2.24) is 0 Å². The van der Waals surface area contributed by atoms with Crippen molar-refractivity contribution in [3.8, 4) is 44.5 Å². The fourth-order valence-electron chi connectivity index (χ4n) is 7.10. The summed E-state index contributed by atoms with van der Waals surface area (Å²) in [7, 11) is 0. The molecule has 0 heteroatoms. The van der Waals surface area contributed by atoms with Gasteiger partial charge in [-0.3, -0.25) is 0 Å². The molecule has 0 fully saturated rings. The molecule has 0 saturated heterocycles. The Morgan fingerprint density at radius 3 is 1.39 bits per heavy atom. The van der Waals surface area contributed by atoms with Gasteiger partial charge in [0.1, 0.15) is 0 Å². The van der Waals surface area contributed by atoms with Crippen molar-refractivity contribution in [3.63, 3.8) is 0 Å². The Labute approximate surface area is 271 Å². The second-order valence-electron chi connectivity index (χ2n) is 13.3. The molecule has 0 N–H and O–H groups in total. The zero-order chi connectivity index (χ0) is 31.3. The first-order valence-electron chi connectivity index (χ1n) is 16.2. The number of hydrogen-bond donors (Lipinski definition) is 0. The van der Waals surface area contributed by atoms with E-state index in [0.717, 1.165) is 0 Å². The highest BCUT2D eigenvalue weighted by molar-refractivity contribution is 6.24. The van der Waals surface area contributed by atoms with Crippen LogP contribution in [0.2, 0.25) is 0 Å². The van der Waals surface area contributed by atoms with Crippen LogP contribution in [-0.4, -0.2) is 0 Å². The molecule has 0 heterocycles. The molecule has 0 amide bonds. The van der Waals surface area contributed by atoms with Crippen molar-refractivity contribution < 1.29 is 0 Å². The Kier molecular flexibility index (Phi) is 6.80. The molecule has 0 bridgehead atoms. The van der Waals surface area contributed by atoms with Crippen molar-refractivity contribution in [3.05, 3.63) is 169 Å². The van der Waals surface area contributed by atoms with Gasteiger partial charge in [0.2, 0.25) is 0 Å². The van der Waals surface area contributed by atoms with Gasteiger partial charge in [0.25, 0.3) is 0 Å². The van der Waals surface area contributed by atoms with Gasteiger partial charge >= 0.3 is 0 Å². The van der Waals surface area contributed by atoms with Crippen molar-refractivity contribution in [2.24, 2.45) is 0 Å². The first-order valence-corrected chi connectivity index (χ1v) is 16.2. The highest BCUT2D eigenvalue weighted by Crippen LogP contribution is 2.49. The standard InChI is InChI=1S/C46H36/c1-46(2,3)35-26-27-40-43(30-35)45(42-29-34-21-11-10-20-33(34)28-41(42)32-18-8-5-9-19-32)39-25-15-14-24-38(39)44(40)37-23-13-12-22-36(37)31-16-6-4-7-17-31/h4-30H,1-3H3. The SMILES string of the molecule is CC(C)(C)c1ccc2c(-c3ccccc3-c3ccccc3)c3ccccc3c(-c3cc4ccccc4cc3-c3ccccc3)c2c1. The minimum atomic E-state index is 0.00482. The normalized spacial score (nSPS) is 11.8. The summed E-state index contributed by atoms with van der Waals surface area (Å²) in [6, 6.07) is 60.3. The van der Waals surface area contributed by atoms with E-state index < -0.39 is 0 Å². The zero-order valence-corrected chi connectivity index (χ0v) is 26.6. The van der Waals surface area contributed by atoms with E-state index in [-0.39, 0.29) is 5.41 Å². The zero-order valence-electron chi connectivity index (χ0n) is 26.6. The molecule has 8 aromatic rings. The van der Waals surface area contributed by atoms with Gasteiger partial charge in [-0.05, 0) is 106 Å².